The SMILES string of the molecule is O.O=C(O)[C@@H](O)[C@H](O)[C@@H](O)[C@@H](O)CO.[Ca+2]. The summed E-state index contributed by atoms with van der Waals surface area (Å²) in [5.74, 6) is -1.73. The van der Waals surface area contributed by atoms with Gasteiger partial charge in [0.15, 0.2) is 6.10 Å². The molecule has 15 heavy (non-hydrogen) atoms. The molecule has 0 unspecified atom stereocenters. The van der Waals surface area contributed by atoms with Crippen LogP contribution >= 0.6 is 0 Å². The molecule has 8 nitrogen and oxygen atoms in total. The summed E-state index contributed by atoms with van der Waals surface area (Å²) in [7, 11) is 0. The third-order valence-electron chi connectivity index (χ3n) is 1.51. The van der Waals surface area contributed by atoms with Crippen LogP contribution in [0.4, 0.5) is 0 Å². The molecule has 8 N–H and O–H groups in total. The molecule has 0 rings (SSSR count). The molecule has 0 amide bonds. The van der Waals surface area contributed by atoms with Crippen LogP contribution in [0.25, 0.3) is 0 Å². The molecule has 0 heterocycles. The van der Waals surface area contributed by atoms with Gasteiger partial charge in [0.1, 0.15) is 18.3 Å². The van der Waals surface area contributed by atoms with Crippen molar-refractivity contribution in [3.05, 3.63) is 0 Å². The molecule has 0 aromatic heterocycles. The van der Waals surface area contributed by atoms with Crippen molar-refractivity contribution in [1.29, 1.82) is 0 Å². The predicted octanol–water partition coefficient (Wildman–Crippen LogP) is -4.70. The fourth-order valence-corrected chi connectivity index (χ4v) is 0.668. The first kappa shape index (κ1) is 20.8. The summed E-state index contributed by atoms with van der Waals surface area (Å²) in [4.78, 5) is 10.1. The van der Waals surface area contributed by atoms with E-state index in [1.54, 1.807) is 0 Å². The maximum Gasteiger partial charge on any atom is 2.00 e. The molecule has 0 saturated carbocycles. The molecular weight excluding hydrogens is 240 g/mol. The standard InChI is InChI=1S/C6H12O7.Ca.H2O/c7-1-2(8)3(9)4(10)5(11)6(12)13;;/h2-5,7-11H,1H2,(H,12,13);;1H2/q;+2;/t2-,3-,4+,5-;;/m0../s1. The fraction of sp³-hybridized carbons (Fsp3) is 0.833. The third kappa shape index (κ3) is 6.61. The Balaban J connectivity index is -0.000000720. The average molecular weight is 254 g/mol. The molecule has 0 aliphatic carbocycles. The van der Waals surface area contributed by atoms with Gasteiger partial charge < -0.3 is 36.1 Å². The number of hydrogen-bond donors (Lipinski definition) is 6. The van der Waals surface area contributed by atoms with E-state index in [1.807, 2.05) is 0 Å². The molecule has 0 saturated heterocycles. The molecule has 0 aliphatic heterocycles. The third-order valence-corrected chi connectivity index (χ3v) is 1.51. The molecule has 0 radical (unpaired) electrons. The molecule has 0 aromatic rings. The summed E-state index contributed by atoms with van der Waals surface area (Å²) in [6.45, 7) is -0.843. The first-order valence-corrected chi connectivity index (χ1v) is 3.47. The molecule has 0 aliphatic rings. The molecule has 86 valence electrons. The van der Waals surface area contributed by atoms with Crippen LogP contribution in [0, 0.1) is 0 Å². The summed E-state index contributed by atoms with van der Waals surface area (Å²) in [6, 6.07) is 0. The molecule has 9 heteroatoms. The first-order valence-electron chi connectivity index (χ1n) is 3.47. The predicted molar refractivity (Wildman–Crippen MR) is 48.1 cm³/mol. The second-order valence-electron chi connectivity index (χ2n) is 2.51. The van der Waals surface area contributed by atoms with Gasteiger partial charge in [0.25, 0.3) is 0 Å². The summed E-state index contributed by atoms with van der Waals surface area (Å²) in [5.41, 5.74) is 0. The first-order chi connectivity index (χ1) is 5.91. The summed E-state index contributed by atoms with van der Waals surface area (Å²) >= 11 is 0. The normalized spacial score (nSPS) is 17.7. The van der Waals surface area contributed by atoms with Crippen LogP contribution in [-0.4, -0.2) is 111 Å². The average Bonchev–Trinajstić information content (AvgIpc) is 2.12. The number of carboxylic acid groups (broad SMARTS) is 1. The Morgan fingerprint density at radius 1 is 1.07 bits per heavy atom. The van der Waals surface area contributed by atoms with Gasteiger partial charge in [0, 0.05) is 0 Å². The van der Waals surface area contributed by atoms with E-state index in [0.717, 1.165) is 0 Å². The number of rotatable bonds is 5. The van der Waals surface area contributed by atoms with Crippen LogP contribution in [-0.2, 0) is 4.79 Å². The minimum atomic E-state index is -2.20. The largest absolute Gasteiger partial charge is 2.00 e. The van der Waals surface area contributed by atoms with E-state index < -0.39 is 37.0 Å². The number of aliphatic hydroxyl groups is 5. The van der Waals surface area contributed by atoms with E-state index in [4.69, 9.17) is 30.6 Å². The minimum Gasteiger partial charge on any atom is -0.479 e. The molecule has 0 spiro atoms. The minimum absolute atomic E-state index is 0. The van der Waals surface area contributed by atoms with E-state index in [1.165, 1.54) is 0 Å². The smallest absolute Gasteiger partial charge is 0.479 e. The van der Waals surface area contributed by atoms with Crippen molar-refractivity contribution in [3.8, 4) is 0 Å². The Hall–Kier alpha value is 0.490. The fourth-order valence-electron chi connectivity index (χ4n) is 0.668. The van der Waals surface area contributed by atoms with Crippen LogP contribution in [0.5, 0.6) is 0 Å². The Morgan fingerprint density at radius 2 is 1.47 bits per heavy atom. The van der Waals surface area contributed by atoms with Crippen LogP contribution < -0.4 is 0 Å². The Morgan fingerprint density at radius 3 is 1.73 bits per heavy atom. The van der Waals surface area contributed by atoms with E-state index in [0.29, 0.717) is 0 Å². The van der Waals surface area contributed by atoms with Crippen molar-refractivity contribution in [2.24, 2.45) is 0 Å². The Kier molecular flexibility index (Phi) is 13.5. The second-order valence-corrected chi connectivity index (χ2v) is 2.51. The maximum absolute atomic E-state index is 10.1. The summed E-state index contributed by atoms with van der Waals surface area (Å²) in [5, 5.41) is 51.8. The van der Waals surface area contributed by atoms with E-state index in [-0.39, 0.29) is 43.2 Å². The van der Waals surface area contributed by atoms with Gasteiger partial charge in [0.2, 0.25) is 0 Å². The van der Waals surface area contributed by atoms with Crippen molar-refractivity contribution < 1.29 is 40.9 Å². The van der Waals surface area contributed by atoms with Crippen LogP contribution in [0.2, 0.25) is 0 Å². The zero-order valence-electron chi connectivity index (χ0n) is 7.82. The van der Waals surface area contributed by atoms with Gasteiger partial charge in [-0.1, -0.05) is 0 Å². The number of aliphatic hydroxyl groups excluding tert-OH is 5. The maximum atomic E-state index is 10.1. The molecule has 0 bridgehead atoms. The van der Waals surface area contributed by atoms with Crippen molar-refractivity contribution in [3.63, 3.8) is 0 Å². The molecule has 4 atom stereocenters. The van der Waals surface area contributed by atoms with E-state index >= 15 is 0 Å². The molecule has 0 fully saturated rings. The number of aliphatic carboxylic acids is 1. The zero-order chi connectivity index (χ0) is 10.6. The van der Waals surface area contributed by atoms with Crippen molar-refractivity contribution >= 4 is 43.7 Å². The Labute approximate surface area is 115 Å². The van der Waals surface area contributed by atoms with Crippen LogP contribution in [0.15, 0.2) is 0 Å². The Bertz CT molecular complexity index is 177. The van der Waals surface area contributed by atoms with E-state index in [2.05, 4.69) is 0 Å². The monoisotopic (exact) mass is 254 g/mol. The van der Waals surface area contributed by atoms with Gasteiger partial charge in [-0.2, -0.15) is 0 Å². The van der Waals surface area contributed by atoms with Gasteiger partial charge in [-0.15, -0.1) is 0 Å². The van der Waals surface area contributed by atoms with Crippen molar-refractivity contribution in [2.75, 3.05) is 6.61 Å². The van der Waals surface area contributed by atoms with Gasteiger partial charge in [-0.25, -0.2) is 4.79 Å². The van der Waals surface area contributed by atoms with Crippen LogP contribution in [0.3, 0.4) is 0 Å². The number of carbonyl (C=O) groups is 1. The number of carboxylic acids is 1. The summed E-state index contributed by atoms with van der Waals surface area (Å²) in [6.07, 6.45) is -7.84. The van der Waals surface area contributed by atoms with Crippen molar-refractivity contribution in [2.45, 2.75) is 24.4 Å². The van der Waals surface area contributed by atoms with Gasteiger partial charge in [-0.3, -0.25) is 0 Å². The van der Waals surface area contributed by atoms with E-state index in [9.17, 15) is 4.79 Å². The van der Waals surface area contributed by atoms with Crippen LogP contribution in [0.1, 0.15) is 0 Å². The quantitative estimate of drug-likeness (QED) is 0.268. The molecule has 0 aromatic carbocycles. The zero-order valence-corrected chi connectivity index (χ0v) is 10.0. The number of hydrogen-bond acceptors (Lipinski definition) is 6. The second kappa shape index (κ2) is 9.70. The van der Waals surface area contributed by atoms with Crippen molar-refractivity contribution in [1.82, 2.24) is 0 Å². The topological polar surface area (TPSA) is 170 Å². The molecular formula is C6H14CaO8+2. The van der Waals surface area contributed by atoms with Gasteiger partial charge >= 0.3 is 43.7 Å². The summed E-state index contributed by atoms with van der Waals surface area (Å²) < 4.78 is 0. The van der Waals surface area contributed by atoms with Gasteiger partial charge in [-0.05, 0) is 0 Å². The van der Waals surface area contributed by atoms with Gasteiger partial charge in [0.05, 0.1) is 6.61 Å².